The minimum Gasteiger partial charge on any atom is -0.360 e. The highest BCUT2D eigenvalue weighted by Crippen LogP contribution is 2.32. The number of benzene rings is 1. The van der Waals surface area contributed by atoms with Crippen LogP contribution in [0.3, 0.4) is 0 Å². The van der Waals surface area contributed by atoms with Crippen molar-refractivity contribution in [2.45, 2.75) is 12.5 Å². The Labute approximate surface area is 87.6 Å². The van der Waals surface area contributed by atoms with Gasteiger partial charge in [0.05, 0.1) is 6.20 Å². The normalized spacial score (nSPS) is 19.3. The second kappa shape index (κ2) is 3.44. The van der Waals surface area contributed by atoms with Crippen molar-refractivity contribution in [3.05, 3.63) is 53.9 Å². The van der Waals surface area contributed by atoms with Crippen molar-refractivity contribution in [3.63, 3.8) is 0 Å². The first-order chi connectivity index (χ1) is 7.43. The molecule has 3 heteroatoms. The number of hydrogen-bond acceptors (Lipinski definition) is 2. The molecule has 3 nitrogen and oxygen atoms in total. The van der Waals surface area contributed by atoms with E-state index in [-0.39, 0.29) is 6.10 Å². The number of para-hydroxylation sites is 1. The van der Waals surface area contributed by atoms with E-state index in [0.29, 0.717) is 0 Å². The van der Waals surface area contributed by atoms with Gasteiger partial charge in [-0.1, -0.05) is 18.2 Å². The largest absolute Gasteiger partial charge is 0.360 e. The Bertz CT molecular complexity index is 450. The maximum Gasteiger partial charge on any atom is 0.168 e. The summed E-state index contributed by atoms with van der Waals surface area (Å²) in [7, 11) is 0. The molecule has 1 unspecified atom stereocenters. The zero-order chi connectivity index (χ0) is 10.1. The van der Waals surface area contributed by atoms with Gasteiger partial charge in [-0.15, -0.1) is 0 Å². The summed E-state index contributed by atoms with van der Waals surface area (Å²) < 4.78 is 0. The standard InChI is InChI=1S/C12H10NO2/c1-2-4-11-9(3-1)7-12(15-14-11)10-5-6-13-8-10/h1-6,12-13H,7H2. The van der Waals surface area contributed by atoms with Crippen molar-refractivity contribution in [1.82, 2.24) is 4.98 Å². The Morgan fingerprint density at radius 3 is 3.07 bits per heavy atom. The van der Waals surface area contributed by atoms with Crippen molar-refractivity contribution >= 4 is 0 Å². The lowest BCUT2D eigenvalue weighted by molar-refractivity contribution is -0.257. The van der Waals surface area contributed by atoms with Crippen LogP contribution in [0.2, 0.25) is 0 Å². The van der Waals surface area contributed by atoms with Gasteiger partial charge in [0, 0.05) is 23.7 Å². The summed E-state index contributed by atoms with van der Waals surface area (Å²) in [5, 5.41) is 0. The third kappa shape index (κ3) is 1.51. The van der Waals surface area contributed by atoms with Gasteiger partial charge in [0.25, 0.3) is 0 Å². The number of aromatic amines is 1. The summed E-state index contributed by atoms with van der Waals surface area (Å²) in [6, 6.07) is 9.85. The van der Waals surface area contributed by atoms with Gasteiger partial charge in [-0.05, 0) is 12.1 Å². The second-order valence-electron chi connectivity index (χ2n) is 3.54. The zero-order valence-electron chi connectivity index (χ0n) is 8.07. The van der Waals surface area contributed by atoms with Crippen LogP contribution in [0.1, 0.15) is 17.2 Å². The van der Waals surface area contributed by atoms with Gasteiger partial charge < -0.3 is 9.87 Å². The van der Waals surface area contributed by atoms with Crippen LogP contribution < -0.4 is 4.89 Å². The topological polar surface area (TPSA) is 34.2 Å². The summed E-state index contributed by atoms with van der Waals surface area (Å²) >= 11 is 0. The van der Waals surface area contributed by atoms with E-state index in [0.717, 1.165) is 17.7 Å². The molecule has 15 heavy (non-hydrogen) atoms. The summed E-state index contributed by atoms with van der Waals surface area (Å²) in [5.74, 6) is 0.810. The smallest absolute Gasteiger partial charge is 0.168 e. The minimum atomic E-state index is -0.0638. The number of fused-ring (bicyclic) bond motifs is 1. The molecule has 2 aromatic rings. The first-order valence-corrected chi connectivity index (χ1v) is 4.90. The van der Waals surface area contributed by atoms with Crippen LogP contribution >= 0.6 is 0 Å². The zero-order valence-corrected chi connectivity index (χ0v) is 8.07. The number of hydrogen-bond donors (Lipinski definition) is 1. The molecule has 1 aliphatic rings. The predicted octanol–water partition coefficient (Wildman–Crippen LogP) is 2.42. The van der Waals surface area contributed by atoms with E-state index in [1.54, 1.807) is 0 Å². The monoisotopic (exact) mass is 200 g/mol. The Morgan fingerprint density at radius 2 is 2.20 bits per heavy atom. The highest BCUT2D eigenvalue weighted by atomic mass is 17.2. The quantitative estimate of drug-likeness (QED) is 0.717. The van der Waals surface area contributed by atoms with Gasteiger partial charge in [-0.2, -0.15) is 4.89 Å². The Balaban J connectivity index is 1.89. The molecule has 0 bridgehead atoms. The fourth-order valence-corrected chi connectivity index (χ4v) is 1.75. The molecule has 0 saturated heterocycles. The SMILES string of the molecule is [c]1[nH]ccc1C1Cc2ccccc2OO1. The minimum absolute atomic E-state index is 0.0638. The Hall–Kier alpha value is -1.74. The maximum absolute atomic E-state index is 5.30. The van der Waals surface area contributed by atoms with Gasteiger partial charge in [0.2, 0.25) is 0 Å². The van der Waals surface area contributed by atoms with Crippen molar-refractivity contribution in [3.8, 4) is 5.75 Å². The highest BCUT2D eigenvalue weighted by Gasteiger charge is 2.22. The lowest BCUT2D eigenvalue weighted by atomic mass is 10.0. The Kier molecular flexibility index (Phi) is 1.96. The molecule has 1 atom stereocenters. The Morgan fingerprint density at radius 1 is 1.27 bits per heavy atom. The molecule has 0 fully saturated rings. The van der Waals surface area contributed by atoms with Gasteiger partial charge in [0.15, 0.2) is 5.75 Å². The number of aromatic nitrogens is 1. The van der Waals surface area contributed by atoms with E-state index in [1.807, 2.05) is 30.5 Å². The van der Waals surface area contributed by atoms with E-state index in [9.17, 15) is 0 Å². The number of nitrogens with one attached hydrogen (secondary N) is 1. The van der Waals surface area contributed by atoms with Gasteiger partial charge in [-0.25, -0.2) is 0 Å². The van der Waals surface area contributed by atoms with Crippen molar-refractivity contribution < 1.29 is 9.78 Å². The van der Waals surface area contributed by atoms with Crippen molar-refractivity contribution in [2.75, 3.05) is 0 Å². The molecule has 3 rings (SSSR count). The van der Waals surface area contributed by atoms with E-state index in [4.69, 9.17) is 9.78 Å². The molecular formula is C12H10NO2. The molecule has 1 aromatic heterocycles. The highest BCUT2D eigenvalue weighted by molar-refractivity contribution is 5.35. The van der Waals surface area contributed by atoms with Crippen LogP contribution in [0.15, 0.2) is 36.5 Å². The van der Waals surface area contributed by atoms with Crippen LogP contribution in [0.25, 0.3) is 0 Å². The van der Waals surface area contributed by atoms with Gasteiger partial charge >= 0.3 is 0 Å². The van der Waals surface area contributed by atoms with E-state index in [2.05, 4.69) is 17.2 Å². The van der Waals surface area contributed by atoms with E-state index in [1.165, 1.54) is 5.56 Å². The summed E-state index contributed by atoms with van der Waals surface area (Å²) in [6.07, 6.45) is 5.60. The van der Waals surface area contributed by atoms with Crippen LogP contribution in [0.4, 0.5) is 0 Å². The second-order valence-corrected chi connectivity index (χ2v) is 3.54. The van der Waals surface area contributed by atoms with Gasteiger partial charge in [-0.3, -0.25) is 0 Å². The number of H-pyrrole nitrogens is 1. The maximum atomic E-state index is 5.30. The van der Waals surface area contributed by atoms with Crippen LogP contribution in [0, 0.1) is 6.20 Å². The van der Waals surface area contributed by atoms with Gasteiger partial charge in [0.1, 0.15) is 6.10 Å². The molecule has 2 heterocycles. The molecule has 0 amide bonds. The summed E-state index contributed by atoms with van der Waals surface area (Å²) in [4.78, 5) is 13.4. The molecular weight excluding hydrogens is 190 g/mol. The third-order valence-corrected chi connectivity index (χ3v) is 2.54. The summed E-state index contributed by atoms with van der Waals surface area (Å²) in [6.45, 7) is 0. The van der Waals surface area contributed by atoms with E-state index < -0.39 is 0 Å². The first kappa shape index (κ1) is 8.56. The molecule has 1 N–H and O–H groups in total. The van der Waals surface area contributed by atoms with Crippen LogP contribution in [0.5, 0.6) is 5.75 Å². The lowest BCUT2D eigenvalue weighted by Crippen LogP contribution is -2.16. The lowest BCUT2D eigenvalue weighted by Gasteiger charge is -2.22. The average Bonchev–Trinajstić information content (AvgIpc) is 2.82. The van der Waals surface area contributed by atoms with Crippen LogP contribution in [-0.2, 0) is 11.3 Å². The van der Waals surface area contributed by atoms with Crippen molar-refractivity contribution in [1.29, 1.82) is 0 Å². The average molecular weight is 200 g/mol. The number of rotatable bonds is 1. The molecule has 1 aliphatic heterocycles. The predicted molar refractivity (Wildman–Crippen MR) is 54.2 cm³/mol. The molecule has 75 valence electrons. The molecule has 0 spiro atoms. The molecule has 0 aliphatic carbocycles. The fraction of sp³-hybridized carbons (Fsp3) is 0.167. The molecule has 1 aromatic carbocycles. The van der Waals surface area contributed by atoms with Crippen LogP contribution in [-0.4, -0.2) is 4.98 Å². The summed E-state index contributed by atoms with van der Waals surface area (Å²) in [5.41, 5.74) is 2.16. The van der Waals surface area contributed by atoms with E-state index >= 15 is 0 Å². The van der Waals surface area contributed by atoms with Crippen molar-refractivity contribution in [2.24, 2.45) is 0 Å². The first-order valence-electron chi connectivity index (χ1n) is 4.90. The fourth-order valence-electron chi connectivity index (χ4n) is 1.75. The molecule has 0 saturated carbocycles. The third-order valence-electron chi connectivity index (χ3n) is 2.54. The molecule has 1 radical (unpaired) electrons.